The van der Waals surface area contributed by atoms with Crippen LogP contribution in [0.4, 0.5) is 0 Å². The van der Waals surface area contributed by atoms with Gasteiger partial charge in [-0.25, -0.2) is 0 Å². The van der Waals surface area contributed by atoms with E-state index in [0.717, 1.165) is 5.56 Å². The van der Waals surface area contributed by atoms with Crippen molar-refractivity contribution in [1.82, 2.24) is 10.2 Å². The quantitative estimate of drug-likeness (QED) is 0.588. The Bertz CT molecular complexity index is 590. The van der Waals surface area contributed by atoms with Crippen molar-refractivity contribution in [1.29, 1.82) is 5.26 Å². The predicted octanol–water partition coefficient (Wildman–Crippen LogP) is 1.51. The van der Waals surface area contributed by atoms with Gasteiger partial charge in [-0.1, -0.05) is 30.3 Å². The molecule has 0 aromatic heterocycles. The molecular formula is C16H19N3O3. The molecule has 1 amide bonds. The molecule has 1 aromatic carbocycles. The zero-order valence-electron chi connectivity index (χ0n) is 12.6. The average molecular weight is 301 g/mol. The number of carbonyl (C=O) groups excluding carboxylic acids is 1. The predicted molar refractivity (Wildman–Crippen MR) is 81.5 cm³/mol. The Kier molecular flexibility index (Phi) is 6.64. The maximum absolute atomic E-state index is 11.9. The number of carbonyl (C=O) groups is 2. The van der Waals surface area contributed by atoms with Gasteiger partial charge in [0.05, 0.1) is 0 Å². The number of aliphatic carboxylic acids is 1. The normalized spacial score (nSPS) is 12.1. The first-order valence-electron chi connectivity index (χ1n) is 6.91. The van der Waals surface area contributed by atoms with E-state index in [0.29, 0.717) is 13.1 Å². The Balaban J connectivity index is 2.82. The molecule has 0 heterocycles. The topological polar surface area (TPSA) is 93.4 Å². The molecule has 1 unspecified atom stereocenters. The van der Waals surface area contributed by atoms with Crippen molar-refractivity contribution < 1.29 is 14.7 Å². The fourth-order valence-corrected chi connectivity index (χ4v) is 1.72. The number of benzene rings is 1. The smallest absolute Gasteiger partial charge is 0.325 e. The van der Waals surface area contributed by atoms with Gasteiger partial charge in [0, 0.05) is 19.3 Å². The molecule has 1 aromatic rings. The Morgan fingerprint density at radius 3 is 2.55 bits per heavy atom. The number of carboxylic acid groups (broad SMARTS) is 1. The van der Waals surface area contributed by atoms with Gasteiger partial charge in [0.2, 0.25) is 0 Å². The van der Waals surface area contributed by atoms with Gasteiger partial charge in [-0.2, -0.15) is 5.26 Å². The highest BCUT2D eigenvalue weighted by Crippen LogP contribution is 2.07. The standard InChI is InChI=1S/C16H19N3O3/c1-3-19(10-13-7-5-4-6-8-13)11-14(9-17)15(20)18-12(2)16(21)22/h4-8,11-12H,3,10H2,1-2H3,(H,18,20)(H,21,22)/b14-11-. The number of nitrogens with one attached hydrogen (secondary N) is 1. The summed E-state index contributed by atoms with van der Waals surface area (Å²) >= 11 is 0. The largest absolute Gasteiger partial charge is 0.480 e. The van der Waals surface area contributed by atoms with Gasteiger partial charge in [-0.05, 0) is 19.4 Å². The molecule has 0 aliphatic rings. The molecule has 0 aliphatic heterocycles. The summed E-state index contributed by atoms with van der Waals surface area (Å²) in [4.78, 5) is 24.5. The summed E-state index contributed by atoms with van der Waals surface area (Å²) in [7, 11) is 0. The molecule has 1 atom stereocenters. The Hall–Kier alpha value is -2.81. The van der Waals surface area contributed by atoms with E-state index in [1.165, 1.54) is 13.1 Å². The molecule has 22 heavy (non-hydrogen) atoms. The van der Waals surface area contributed by atoms with Gasteiger partial charge in [-0.3, -0.25) is 9.59 Å². The van der Waals surface area contributed by atoms with Crippen molar-refractivity contribution in [2.75, 3.05) is 6.54 Å². The third-order valence-corrected chi connectivity index (χ3v) is 3.03. The summed E-state index contributed by atoms with van der Waals surface area (Å²) in [5.74, 6) is -1.84. The van der Waals surface area contributed by atoms with Crippen molar-refractivity contribution in [2.24, 2.45) is 0 Å². The van der Waals surface area contributed by atoms with E-state index < -0.39 is 17.9 Å². The lowest BCUT2D eigenvalue weighted by atomic mass is 10.2. The summed E-state index contributed by atoms with van der Waals surface area (Å²) in [6.45, 7) is 4.43. The molecule has 0 fully saturated rings. The Morgan fingerprint density at radius 2 is 2.05 bits per heavy atom. The minimum atomic E-state index is -1.15. The fraction of sp³-hybridized carbons (Fsp3) is 0.312. The molecule has 0 aliphatic carbocycles. The van der Waals surface area contributed by atoms with Crippen LogP contribution in [0.2, 0.25) is 0 Å². The molecule has 0 radical (unpaired) electrons. The van der Waals surface area contributed by atoms with Crippen molar-refractivity contribution in [3.05, 3.63) is 47.7 Å². The van der Waals surface area contributed by atoms with E-state index in [4.69, 9.17) is 10.4 Å². The van der Waals surface area contributed by atoms with Crippen molar-refractivity contribution in [3.63, 3.8) is 0 Å². The zero-order valence-corrected chi connectivity index (χ0v) is 12.6. The molecule has 0 saturated carbocycles. The van der Waals surface area contributed by atoms with Gasteiger partial charge in [-0.15, -0.1) is 0 Å². The van der Waals surface area contributed by atoms with Crippen LogP contribution in [0, 0.1) is 11.3 Å². The van der Waals surface area contributed by atoms with Crippen LogP contribution in [-0.4, -0.2) is 34.5 Å². The maximum atomic E-state index is 11.9. The van der Waals surface area contributed by atoms with Crippen molar-refractivity contribution >= 4 is 11.9 Å². The summed E-state index contributed by atoms with van der Waals surface area (Å²) in [6.07, 6.45) is 1.46. The van der Waals surface area contributed by atoms with Crippen LogP contribution in [0.1, 0.15) is 19.4 Å². The molecule has 116 valence electrons. The highest BCUT2D eigenvalue weighted by atomic mass is 16.4. The second-order valence-electron chi connectivity index (χ2n) is 4.74. The minimum Gasteiger partial charge on any atom is -0.480 e. The lowest BCUT2D eigenvalue weighted by Crippen LogP contribution is -2.39. The third kappa shape index (κ3) is 5.29. The monoisotopic (exact) mass is 301 g/mol. The van der Waals surface area contributed by atoms with Crippen LogP contribution in [0.25, 0.3) is 0 Å². The number of carboxylic acids is 1. The van der Waals surface area contributed by atoms with Gasteiger partial charge >= 0.3 is 5.97 Å². The van der Waals surface area contributed by atoms with Gasteiger partial charge in [0.25, 0.3) is 5.91 Å². The minimum absolute atomic E-state index is 0.120. The Morgan fingerprint density at radius 1 is 1.41 bits per heavy atom. The van der Waals surface area contributed by atoms with Crippen molar-refractivity contribution in [2.45, 2.75) is 26.4 Å². The SMILES string of the molecule is CCN(/C=C(/C#N)C(=O)NC(C)C(=O)O)Cc1ccccc1. The zero-order chi connectivity index (χ0) is 16.5. The van der Waals surface area contributed by atoms with E-state index in [-0.39, 0.29) is 5.57 Å². The molecule has 2 N–H and O–H groups in total. The van der Waals surface area contributed by atoms with Crippen LogP contribution < -0.4 is 5.32 Å². The molecule has 0 bridgehead atoms. The van der Waals surface area contributed by atoms with Crippen LogP contribution >= 0.6 is 0 Å². The summed E-state index contributed by atoms with van der Waals surface area (Å²) in [6, 6.07) is 10.4. The molecular weight excluding hydrogens is 282 g/mol. The highest BCUT2D eigenvalue weighted by Gasteiger charge is 2.17. The molecule has 1 rings (SSSR count). The van der Waals surface area contributed by atoms with Gasteiger partial charge < -0.3 is 15.3 Å². The van der Waals surface area contributed by atoms with Gasteiger partial charge in [0.1, 0.15) is 17.7 Å². The fourth-order valence-electron chi connectivity index (χ4n) is 1.72. The number of hydrogen-bond acceptors (Lipinski definition) is 4. The summed E-state index contributed by atoms with van der Waals surface area (Å²) in [5.41, 5.74) is 0.933. The second-order valence-corrected chi connectivity index (χ2v) is 4.74. The molecule has 0 spiro atoms. The van der Waals surface area contributed by atoms with E-state index in [2.05, 4.69) is 5.32 Å². The highest BCUT2D eigenvalue weighted by molar-refractivity contribution is 5.99. The van der Waals surface area contributed by atoms with Crippen molar-refractivity contribution in [3.8, 4) is 6.07 Å². The second kappa shape index (κ2) is 8.47. The lowest BCUT2D eigenvalue weighted by molar-refractivity contribution is -0.140. The lowest BCUT2D eigenvalue weighted by Gasteiger charge is -2.19. The Labute approximate surface area is 129 Å². The number of hydrogen-bond donors (Lipinski definition) is 2. The number of rotatable bonds is 7. The molecule has 6 heteroatoms. The number of nitriles is 1. The number of amides is 1. The average Bonchev–Trinajstić information content (AvgIpc) is 2.51. The van der Waals surface area contributed by atoms with Crippen LogP contribution in [0.15, 0.2) is 42.1 Å². The van der Waals surface area contributed by atoms with Crippen LogP contribution in [0.5, 0.6) is 0 Å². The third-order valence-electron chi connectivity index (χ3n) is 3.03. The van der Waals surface area contributed by atoms with Crippen LogP contribution in [-0.2, 0) is 16.1 Å². The summed E-state index contributed by atoms with van der Waals surface area (Å²) in [5, 5.41) is 20.2. The van der Waals surface area contributed by atoms with Gasteiger partial charge in [0.15, 0.2) is 0 Å². The van der Waals surface area contributed by atoms with Crippen LogP contribution in [0.3, 0.4) is 0 Å². The van der Waals surface area contributed by atoms with E-state index in [1.807, 2.05) is 48.2 Å². The van der Waals surface area contributed by atoms with E-state index in [9.17, 15) is 9.59 Å². The first-order valence-corrected chi connectivity index (χ1v) is 6.91. The first-order chi connectivity index (χ1) is 10.5. The van der Waals surface area contributed by atoms with E-state index >= 15 is 0 Å². The first kappa shape index (κ1) is 17.2. The summed E-state index contributed by atoms with van der Waals surface area (Å²) < 4.78 is 0. The van der Waals surface area contributed by atoms with E-state index in [1.54, 1.807) is 0 Å². The number of nitrogens with zero attached hydrogens (tertiary/aromatic N) is 2. The molecule has 6 nitrogen and oxygen atoms in total. The maximum Gasteiger partial charge on any atom is 0.325 e. The molecule has 0 saturated heterocycles.